The number of esters is 1. The summed E-state index contributed by atoms with van der Waals surface area (Å²) in [6.45, 7) is 2.36. The molecule has 0 spiro atoms. The lowest BCUT2D eigenvalue weighted by Crippen LogP contribution is -2.02. The number of ether oxygens (including phenoxy) is 1. The molecule has 0 bridgehead atoms. The minimum absolute atomic E-state index is 0.228. The molecular weight excluding hydrogens is 200 g/mol. The Morgan fingerprint density at radius 3 is 2.69 bits per heavy atom. The quantitative estimate of drug-likeness (QED) is 0.571. The van der Waals surface area contributed by atoms with Crippen LogP contribution in [0.15, 0.2) is 42.0 Å². The monoisotopic (exact) mass is 216 g/mol. The van der Waals surface area contributed by atoms with E-state index in [1.807, 2.05) is 37.3 Å². The zero-order chi connectivity index (χ0) is 11.4. The molecule has 0 N–H and O–H groups in total. The maximum Gasteiger partial charge on any atom is 0.331 e. The molecule has 1 aliphatic rings. The number of rotatable bonds is 4. The van der Waals surface area contributed by atoms with E-state index in [2.05, 4.69) is 0 Å². The van der Waals surface area contributed by atoms with Gasteiger partial charge in [-0.1, -0.05) is 35.9 Å². The molecule has 0 aromatic heterocycles. The van der Waals surface area contributed by atoms with Gasteiger partial charge in [0.05, 0.1) is 0 Å². The summed E-state index contributed by atoms with van der Waals surface area (Å²) in [5.41, 5.74) is 2.17. The fraction of sp³-hybridized carbons (Fsp3) is 0.357. The highest BCUT2D eigenvalue weighted by molar-refractivity contribution is 5.82. The molecule has 16 heavy (non-hydrogen) atoms. The summed E-state index contributed by atoms with van der Waals surface area (Å²) >= 11 is 0. The molecule has 1 fully saturated rings. The average molecular weight is 216 g/mol. The van der Waals surface area contributed by atoms with Gasteiger partial charge >= 0.3 is 5.97 Å². The summed E-state index contributed by atoms with van der Waals surface area (Å²) in [5.74, 6) is 0.400. The lowest BCUT2D eigenvalue weighted by Gasteiger charge is -2.02. The van der Waals surface area contributed by atoms with E-state index in [1.165, 1.54) is 12.8 Å². The van der Waals surface area contributed by atoms with Crippen LogP contribution in [0.25, 0.3) is 0 Å². The van der Waals surface area contributed by atoms with Crippen molar-refractivity contribution < 1.29 is 9.53 Å². The molecule has 0 amide bonds. The molecule has 1 aromatic rings. The van der Waals surface area contributed by atoms with Crippen LogP contribution in [0.1, 0.15) is 25.3 Å². The summed E-state index contributed by atoms with van der Waals surface area (Å²) in [5, 5.41) is 0. The lowest BCUT2D eigenvalue weighted by molar-refractivity contribution is -0.139. The topological polar surface area (TPSA) is 26.3 Å². The van der Waals surface area contributed by atoms with Crippen LogP contribution in [0.3, 0.4) is 0 Å². The van der Waals surface area contributed by atoms with E-state index in [-0.39, 0.29) is 5.97 Å². The van der Waals surface area contributed by atoms with Gasteiger partial charge in [-0.15, -0.1) is 0 Å². The van der Waals surface area contributed by atoms with Crippen LogP contribution in [-0.4, -0.2) is 5.97 Å². The highest BCUT2D eigenvalue weighted by Gasteiger charge is 2.23. The third-order valence-electron chi connectivity index (χ3n) is 2.79. The highest BCUT2D eigenvalue weighted by atomic mass is 16.5. The number of allylic oxidation sites excluding steroid dienone is 1. The Labute approximate surface area is 95.9 Å². The number of hydrogen-bond acceptors (Lipinski definition) is 2. The highest BCUT2D eigenvalue weighted by Crippen LogP contribution is 2.35. The van der Waals surface area contributed by atoms with Crippen LogP contribution in [0.2, 0.25) is 0 Å². The first-order valence-corrected chi connectivity index (χ1v) is 5.64. The van der Waals surface area contributed by atoms with Gasteiger partial charge in [-0.2, -0.15) is 0 Å². The Kier molecular flexibility index (Phi) is 3.40. The van der Waals surface area contributed by atoms with Crippen LogP contribution in [-0.2, 0) is 16.1 Å². The number of benzene rings is 1. The van der Waals surface area contributed by atoms with Gasteiger partial charge in [0.2, 0.25) is 0 Å². The lowest BCUT2D eigenvalue weighted by atomic mass is 10.2. The molecule has 84 valence electrons. The third-order valence-corrected chi connectivity index (χ3v) is 2.79. The predicted octanol–water partition coefficient (Wildman–Crippen LogP) is 3.09. The molecule has 1 saturated carbocycles. The molecule has 0 heterocycles. The van der Waals surface area contributed by atoms with Gasteiger partial charge < -0.3 is 4.74 Å². The van der Waals surface area contributed by atoms with Crippen LogP contribution >= 0.6 is 0 Å². The minimum Gasteiger partial charge on any atom is -0.458 e. The summed E-state index contributed by atoms with van der Waals surface area (Å²) in [6, 6.07) is 9.72. The van der Waals surface area contributed by atoms with Crippen LogP contribution in [0, 0.1) is 5.92 Å². The Bertz CT molecular complexity index is 388. The first-order chi connectivity index (χ1) is 7.75. The molecule has 2 rings (SSSR count). The summed E-state index contributed by atoms with van der Waals surface area (Å²) in [6.07, 6.45) is 4.06. The van der Waals surface area contributed by atoms with Crippen molar-refractivity contribution in [2.75, 3.05) is 0 Å². The van der Waals surface area contributed by atoms with Gasteiger partial charge in [-0.25, -0.2) is 4.79 Å². The van der Waals surface area contributed by atoms with Gasteiger partial charge in [0.25, 0.3) is 0 Å². The summed E-state index contributed by atoms with van der Waals surface area (Å²) in [4.78, 5) is 11.5. The zero-order valence-electron chi connectivity index (χ0n) is 9.48. The van der Waals surface area contributed by atoms with E-state index < -0.39 is 0 Å². The molecule has 2 heteroatoms. The van der Waals surface area contributed by atoms with E-state index >= 15 is 0 Å². The molecule has 0 atom stereocenters. The molecule has 0 unspecified atom stereocenters. The molecule has 2 nitrogen and oxygen atoms in total. The summed E-state index contributed by atoms with van der Waals surface area (Å²) in [7, 11) is 0. The predicted molar refractivity (Wildman–Crippen MR) is 62.7 cm³/mol. The maximum atomic E-state index is 11.5. The SMILES string of the molecule is CC(=CC(=O)OCc1ccccc1)C1CC1. The van der Waals surface area contributed by atoms with E-state index in [9.17, 15) is 4.79 Å². The number of hydrogen-bond donors (Lipinski definition) is 0. The molecular formula is C14H16O2. The minimum atomic E-state index is -0.228. The fourth-order valence-electron chi connectivity index (χ4n) is 1.61. The van der Waals surface area contributed by atoms with Gasteiger partial charge in [0.1, 0.15) is 6.61 Å². The van der Waals surface area contributed by atoms with Crippen molar-refractivity contribution in [1.29, 1.82) is 0 Å². The average Bonchev–Trinajstić information content (AvgIpc) is 3.11. The zero-order valence-corrected chi connectivity index (χ0v) is 9.48. The Morgan fingerprint density at radius 1 is 1.38 bits per heavy atom. The van der Waals surface area contributed by atoms with Crippen molar-refractivity contribution in [3.05, 3.63) is 47.5 Å². The first kappa shape index (κ1) is 10.9. The van der Waals surface area contributed by atoms with Crippen molar-refractivity contribution >= 4 is 5.97 Å². The Morgan fingerprint density at radius 2 is 2.06 bits per heavy atom. The van der Waals surface area contributed by atoms with Gasteiger partial charge in [0.15, 0.2) is 0 Å². The van der Waals surface area contributed by atoms with Gasteiger partial charge in [0, 0.05) is 6.08 Å². The summed E-state index contributed by atoms with van der Waals surface area (Å²) < 4.78 is 5.16. The van der Waals surface area contributed by atoms with Crippen LogP contribution < -0.4 is 0 Å². The van der Waals surface area contributed by atoms with Crippen LogP contribution in [0.5, 0.6) is 0 Å². The van der Waals surface area contributed by atoms with Crippen molar-refractivity contribution in [3.63, 3.8) is 0 Å². The molecule has 0 saturated heterocycles. The second-order valence-corrected chi connectivity index (χ2v) is 4.26. The standard InChI is InChI=1S/C14H16O2/c1-11(13-7-8-13)9-14(15)16-10-12-5-3-2-4-6-12/h2-6,9,13H,7-8,10H2,1H3. The Balaban J connectivity index is 1.82. The van der Waals surface area contributed by atoms with E-state index in [0.29, 0.717) is 12.5 Å². The second kappa shape index (κ2) is 4.97. The van der Waals surface area contributed by atoms with Crippen molar-refractivity contribution in [1.82, 2.24) is 0 Å². The number of carbonyl (C=O) groups excluding carboxylic acids is 1. The van der Waals surface area contributed by atoms with Crippen LogP contribution in [0.4, 0.5) is 0 Å². The van der Waals surface area contributed by atoms with E-state index in [1.54, 1.807) is 6.08 Å². The third kappa shape index (κ3) is 3.23. The fourth-order valence-corrected chi connectivity index (χ4v) is 1.61. The van der Waals surface area contributed by atoms with Crippen molar-refractivity contribution in [2.24, 2.45) is 5.92 Å². The van der Waals surface area contributed by atoms with E-state index in [4.69, 9.17) is 4.74 Å². The first-order valence-electron chi connectivity index (χ1n) is 5.64. The molecule has 1 aromatic carbocycles. The van der Waals surface area contributed by atoms with E-state index in [0.717, 1.165) is 11.1 Å². The second-order valence-electron chi connectivity index (χ2n) is 4.26. The van der Waals surface area contributed by atoms with Crippen molar-refractivity contribution in [2.45, 2.75) is 26.4 Å². The largest absolute Gasteiger partial charge is 0.458 e. The molecule has 0 aliphatic heterocycles. The van der Waals surface area contributed by atoms with Crippen molar-refractivity contribution in [3.8, 4) is 0 Å². The molecule has 0 radical (unpaired) electrons. The molecule has 1 aliphatic carbocycles. The van der Waals surface area contributed by atoms with Gasteiger partial charge in [-0.3, -0.25) is 0 Å². The maximum absolute atomic E-state index is 11.5. The number of carbonyl (C=O) groups is 1. The Hall–Kier alpha value is -1.57. The normalized spacial score (nSPS) is 15.9. The van der Waals surface area contributed by atoms with Gasteiger partial charge in [-0.05, 0) is 31.2 Å². The smallest absolute Gasteiger partial charge is 0.331 e.